The first-order valence-electron chi connectivity index (χ1n) is 6.16. The van der Waals surface area contributed by atoms with Crippen LogP contribution in [0.4, 0.5) is 4.39 Å². The number of pyridine rings is 1. The molecule has 0 bridgehead atoms. The van der Waals surface area contributed by atoms with Gasteiger partial charge in [-0.3, -0.25) is 0 Å². The van der Waals surface area contributed by atoms with Gasteiger partial charge < -0.3 is 0 Å². The molecule has 0 spiro atoms. The fourth-order valence-corrected chi connectivity index (χ4v) is 3.44. The average molecular weight is 396 g/mol. The summed E-state index contributed by atoms with van der Waals surface area (Å²) in [5.41, 5.74) is 1.70. The molecule has 4 rings (SSSR count). The van der Waals surface area contributed by atoms with E-state index in [2.05, 4.69) is 4.98 Å². The third kappa shape index (κ3) is 2.15. The van der Waals surface area contributed by atoms with Gasteiger partial charge in [-0.05, 0) is 0 Å². The summed E-state index contributed by atoms with van der Waals surface area (Å²) in [4.78, 5) is 15.4. The Morgan fingerprint density at radius 2 is 1.86 bits per heavy atom. The van der Waals surface area contributed by atoms with Crippen LogP contribution in [0.25, 0.3) is 22.2 Å². The van der Waals surface area contributed by atoms with Gasteiger partial charge in [-0.15, -0.1) is 0 Å². The molecule has 1 aromatic heterocycles. The van der Waals surface area contributed by atoms with Crippen LogP contribution in [0.3, 0.4) is 0 Å². The second kappa shape index (κ2) is 4.73. The van der Waals surface area contributed by atoms with Crippen molar-refractivity contribution in [2.75, 3.05) is 0 Å². The fraction of sp³-hybridized carbons (Fsp3) is 0. The van der Waals surface area contributed by atoms with Crippen LogP contribution in [-0.2, 0) is 0 Å². The molecule has 0 aliphatic carbocycles. The second-order valence-corrected chi connectivity index (χ2v) is 5.86. The normalized spacial score (nSPS) is 13.2. The molecule has 0 unspecified atom stereocenters. The molecule has 2 aromatic carbocycles. The van der Waals surface area contributed by atoms with E-state index < -0.39 is 22.0 Å². The number of nitrogens with one attached hydrogen (secondary N) is 1. The van der Waals surface area contributed by atoms with Gasteiger partial charge in [-0.1, -0.05) is 0 Å². The van der Waals surface area contributed by atoms with E-state index in [-0.39, 0.29) is 11.2 Å². The number of hydrogen-bond donors (Lipinski definition) is 1. The Labute approximate surface area is 129 Å². The van der Waals surface area contributed by atoms with Crippen molar-refractivity contribution in [1.82, 2.24) is 4.98 Å². The van der Waals surface area contributed by atoms with Gasteiger partial charge in [0, 0.05) is 0 Å². The van der Waals surface area contributed by atoms with Gasteiger partial charge in [0.15, 0.2) is 0 Å². The van der Waals surface area contributed by atoms with Crippen LogP contribution in [0.5, 0.6) is 11.5 Å². The van der Waals surface area contributed by atoms with E-state index in [0.29, 0.717) is 33.7 Å². The topological polar surface area (TPSA) is 51.3 Å². The summed E-state index contributed by atoms with van der Waals surface area (Å²) in [6.07, 6.45) is 0. The first kappa shape index (κ1) is 12.6. The number of H-pyrrole nitrogens is 1. The Morgan fingerprint density at radius 3 is 2.67 bits per heavy atom. The third-order valence-corrected chi connectivity index (χ3v) is 4.57. The van der Waals surface area contributed by atoms with Gasteiger partial charge in [0.05, 0.1) is 0 Å². The minimum atomic E-state index is -0.784. The number of rotatable bonds is 1. The zero-order valence-corrected chi connectivity index (χ0v) is 12.7. The Morgan fingerprint density at radius 1 is 1.05 bits per heavy atom. The molecular weight excluding hydrogens is 388 g/mol. The molecule has 3 aromatic rings. The molecule has 0 atom stereocenters. The van der Waals surface area contributed by atoms with Crippen LogP contribution in [0.2, 0.25) is 0 Å². The minimum absolute atomic E-state index is 0.139. The summed E-state index contributed by atoms with van der Waals surface area (Å²) in [5, 5.41) is 0.531. The standard InChI is InChI=1S/C15H8FINO3/c16-9-3-1-2-8(4-9)11-6-13(19)10-5-14-15(21-17-20-14)7-12(10)18-11/h1-7H,(H,18,19)/q-1. The zero-order chi connectivity index (χ0) is 14.4. The van der Waals surface area contributed by atoms with Crippen molar-refractivity contribution >= 4 is 10.9 Å². The van der Waals surface area contributed by atoms with Gasteiger partial charge in [0.1, 0.15) is 0 Å². The molecule has 1 aliphatic rings. The summed E-state index contributed by atoms with van der Waals surface area (Å²) >= 11 is -0.784. The molecule has 2 heterocycles. The van der Waals surface area contributed by atoms with Crippen LogP contribution in [0, 0.1) is 5.82 Å². The Hall–Kier alpha value is -2.09. The molecule has 21 heavy (non-hydrogen) atoms. The van der Waals surface area contributed by atoms with Crippen molar-refractivity contribution in [3.05, 3.63) is 58.5 Å². The Bertz CT molecular complexity index is 922. The van der Waals surface area contributed by atoms with E-state index in [1.54, 1.807) is 24.3 Å². The van der Waals surface area contributed by atoms with Crippen LogP contribution in [0.1, 0.15) is 0 Å². The molecule has 0 amide bonds. The molecule has 0 saturated carbocycles. The number of aromatic amines is 1. The van der Waals surface area contributed by atoms with Gasteiger partial charge in [-0.2, -0.15) is 0 Å². The molecule has 1 aliphatic heterocycles. The monoisotopic (exact) mass is 396 g/mol. The van der Waals surface area contributed by atoms with Crippen LogP contribution in [0.15, 0.2) is 47.3 Å². The summed E-state index contributed by atoms with van der Waals surface area (Å²) in [6, 6.07) is 11.0. The van der Waals surface area contributed by atoms with Crippen molar-refractivity contribution in [2.45, 2.75) is 0 Å². The summed E-state index contributed by atoms with van der Waals surface area (Å²) < 4.78 is 24.1. The SMILES string of the molecule is O=c1cc(-c2cccc(F)c2)[nH]c2cc3c(cc12)O[I-]O3. The van der Waals surface area contributed by atoms with Crippen molar-refractivity contribution in [2.24, 2.45) is 0 Å². The molecule has 0 fully saturated rings. The molecular formula is C15H8FINO3-. The van der Waals surface area contributed by atoms with E-state index in [4.69, 9.17) is 6.13 Å². The Kier molecular flexibility index (Phi) is 2.85. The average Bonchev–Trinajstić information content (AvgIpc) is 2.92. The quantitative estimate of drug-likeness (QED) is 0.591. The molecule has 1 N–H and O–H groups in total. The number of fused-ring (bicyclic) bond motifs is 2. The number of halogens is 2. The van der Waals surface area contributed by atoms with Gasteiger partial charge in [0.25, 0.3) is 0 Å². The first-order chi connectivity index (χ1) is 10.2. The molecule has 0 radical (unpaired) electrons. The van der Waals surface area contributed by atoms with E-state index in [1.807, 2.05) is 0 Å². The number of aromatic nitrogens is 1. The summed E-state index contributed by atoms with van der Waals surface area (Å²) in [5.74, 6) is 0.908. The van der Waals surface area contributed by atoms with E-state index in [1.165, 1.54) is 18.2 Å². The molecule has 106 valence electrons. The van der Waals surface area contributed by atoms with Gasteiger partial charge >= 0.3 is 130 Å². The third-order valence-electron chi connectivity index (χ3n) is 3.26. The van der Waals surface area contributed by atoms with Crippen LogP contribution in [-0.4, -0.2) is 4.98 Å². The van der Waals surface area contributed by atoms with Crippen molar-refractivity contribution in [1.29, 1.82) is 0 Å². The first-order valence-corrected chi connectivity index (χ1v) is 7.92. The van der Waals surface area contributed by atoms with Crippen molar-refractivity contribution in [3.8, 4) is 22.8 Å². The van der Waals surface area contributed by atoms with Gasteiger partial charge in [-0.25, -0.2) is 0 Å². The van der Waals surface area contributed by atoms with E-state index >= 15 is 0 Å². The van der Waals surface area contributed by atoms with Crippen molar-refractivity contribution < 1.29 is 32.6 Å². The molecule has 0 saturated heterocycles. The predicted octanol–water partition coefficient (Wildman–Crippen LogP) is 0.0244. The predicted molar refractivity (Wildman–Crippen MR) is 71.2 cm³/mol. The summed E-state index contributed by atoms with van der Waals surface area (Å²) in [7, 11) is 0. The second-order valence-electron chi connectivity index (χ2n) is 4.62. The molecule has 6 heteroatoms. The maximum atomic E-state index is 13.3. The van der Waals surface area contributed by atoms with Gasteiger partial charge in [0.2, 0.25) is 0 Å². The van der Waals surface area contributed by atoms with Crippen LogP contribution < -0.4 is 33.6 Å². The van der Waals surface area contributed by atoms with E-state index in [9.17, 15) is 9.18 Å². The van der Waals surface area contributed by atoms with Crippen LogP contribution >= 0.6 is 0 Å². The van der Waals surface area contributed by atoms with Crippen molar-refractivity contribution in [3.63, 3.8) is 0 Å². The zero-order valence-electron chi connectivity index (χ0n) is 10.5. The molecule has 4 nitrogen and oxygen atoms in total. The number of hydrogen-bond acceptors (Lipinski definition) is 3. The summed E-state index contributed by atoms with van der Waals surface area (Å²) in [6.45, 7) is 0. The fourth-order valence-electron chi connectivity index (χ4n) is 2.27. The number of benzene rings is 2. The maximum absolute atomic E-state index is 13.3. The van der Waals surface area contributed by atoms with E-state index in [0.717, 1.165) is 0 Å². The Balaban J connectivity index is 1.97.